The lowest BCUT2D eigenvalue weighted by Gasteiger charge is -2.23. The summed E-state index contributed by atoms with van der Waals surface area (Å²) in [5, 5.41) is 4.33. The zero-order valence-corrected chi connectivity index (χ0v) is 16.8. The lowest BCUT2D eigenvalue weighted by Crippen LogP contribution is -2.23. The van der Waals surface area contributed by atoms with Gasteiger partial charge in [0.2, 0.25) is 10.0 Å². The summed E-state index contributed by atoms with van der Waals surface area (Å²) in [5.41, 5.74) is 1.05. The quantitative estimate of drug-likeness (QED) is 0.748. The van der Waals surface area contributed by atoms with E-state index in [1.807, 2.05) is 24.3 Å². The fourth-order valence-electron chi connectivity index (χ4n) is 3.11. The van der Waals surface area contributed by atoms with E-state index in [0.29, 0.717) is 6.04 Å². The van der Waals surface area contributed by atoms with Crippen molar-refractivity contribution in [1.29, 1.82) is 0 Å². The number of hydrogen-bond donors (Lipinski definition) is 2. The molecule has 1 aliphatic carbocycles. The molecule has 6 nitrogen and oxygen atoms in total. The minimum Gasteiger partial charge on any atom is -0.497 e. The molecule has 0 amide bonds. The molecule has 1 saturated carbocycles. The zero-order valence-electron chi connectivity index (χ0n) is 15.1. The number of rotatable bonds is 7. The van der Waals surface area contributed by atoms with Crippen LogP contribution in [0.2, 0.25) is 0 Å². The lowest BCUT2D eigenvalue weighted by molar-refractivity contribution is 0.415. The maximum Gasteiger partial charge on any atom is 0.209 e. The summed E-state index contributed by atoms with van der Waals surface area (Å²) >= 11 is 1.51. The number of nitrogens with one attached hydrogen (secondary N) is 2. The van der Waals surface area contributed by atoms with Crippen molar-refractivity contribution in [3.63, 3.8) is 0 Å². The fraction of sp³-hybridized carbons (Fsp3) is 0.500. The monoisotopic (exact) mass is 395 g/mol. The predicted molar refractivity (Wildman–Crippen MR) is 106 cm³/mol. The van der Waals surface area contributed by atoms with E-state index in [-0.39, 0.29) is 6.54 Å². The molecule has 0 saturated heterocycles. The van der Waals surface area contributed by atoms with Crippen LogP contribution in [-0.2, 0) is 16.6 Å². The Morgan fingerprint density at radius 1 is 1.19 bits per heavy atom. The van der Waals surface area contributed by atoms with Crippen molar-refractivity contribution in [3.05, 3.63) is 29.3 Å². The van der Waals surface area contributed by atoms with Crippen LogP contribution >= 0.6 is 11.3 Å². The van der Waals surface area contributed by atoms with E-state index in [9.17, 15) is 8.42 Å². The first-order valence-corrected chi connectivity index (χ1v) is 11.5. The molecule has 1 aromatic heterocycles. The minimum atomic E-state index is -3.25. The highest BCUT2D eigenvalue weighted by molar-refractivity contribution is 7.88. The Morgan fingerprint density at radius 2 is 1.88 bits per heavy atom. The molecular formula is C18H25N3O3S2. The molecule has 1 fully saturated rings. The molecule has 0 unspecified atom stereocenters. The van der Waals surface area contributed by atoms with E-state index in [1.54, 1.807) is 7.11 Å². The van der Waals surface area contributed by atoms with Crippen LogP contribution in [0.5, 0.6) is 5.75 Å². The van der Waals surface area contributed by atoms with Crippen molar-refractivity contribution in [2.24, 2.45) is 0 Å². The van der Waals surface area contributed by atoms with Crippen LogP contribution < -0.4 is 14.8 Å². The van der Waals surface area contributed by atoms with Gasteiger partial charge in [0, 0.05) is 6.04 Å². The van der Waals surface area contributed by atoms with Crippen molar-refractivity contribution >= 4 is 27.2 Å². The molecule has 0 atom stereocenters. The fourth-order valence-corrected chi connectivity index (χ4v) is 4.57. The number of nitrogens with zero attached hydrogens (tertiary/aromatic N) is 1. The van der Waals surface area contributed by atoms with Gasteiger partial charge in [-0.2, -0.15) is 0 Å². The standard InChI is InChI=1S/C18H25N3O3S2/c1-24-15-10-8-13(9-11-15)17-18(20-14-6-4-3-5-7-14)21-16(25-17)12-19-26(2,22)23/h8-11,14,19-20H,3-7,12H2,1-2H3. The zero-order chi connectivity index (χ0) is 18.6. The van der Waals surface area contributed by atoms with Crippen LogP contribution in [0, 0.1) is 0 Å². The smallest absolute Gasteiger partial charge is 0.209 e. The summed E-state index contributed by atoms with van der Waals surface area (Å²) in [7, 11) is -1.60. The third kappa shape index (κ3) is 5.18. The van der Waals surface area contributed by atoms with Crippen LogP contribution in [0.3, 0.4) is 0 Å². The summed E-state index contributed by atoms with van der Waals surface area (Å²) < 4.78 is 30.5. The average Bonchev–Trinajstić information content (AvgIpc) is 3.03. The number of ether oxygens (including phenoxy) is 1. The Morgan fingerprint density at radius 3 is 2.50 bits per heavy atom. The van der Waals surface area contributed by atoms with Crippen LogP contribution in [0.1, 0.15) is 37.1 Å². The number of methoxy groups -OCH3 is 1. The van der Waals surface area contributed by atoms with Gasteiger partial charge in [0.05, 0.1) is 24.8 Å². The summed E-state index contributed by atoms with van der Waals surface area (Å²) in [6.07, 6.45) is 7.23. The van der Waals surface area contributed by atoms with E-state index in [4.69, 9.17) is 4.74 Å². The first-order chi connectivity index (χ1) is 12.4. The van der Waals surface area contributed by atoms with E-state index in [2.05, 4.69) is 15.0 Å². The largest absolute Gasteiger partial charge is 0.497 e. The number of thiazole rings is 1. The summed E-state index contributed by atoms with van der Waals surface area (Å²) in [4.78, 5) is 5.71. The van der Waals surface area contributed by atoms with Gasteiger partial charge in [-0.3, -0.25) is 0 Å². The molecule has 1 heterocycles. The first-order valence-electron chi connectivity index (χ1n) is 8.80. The highest BCUT2D eigenvalue weighted by Gasteiger charge is 2.19. The maximum absolute atomic E-state index is 11.4. The van der Waals surface area contributed by atoms with Crippen molar-refractivity contribution in [1.82, 2.24) is 9.71 Å². The topological polar surface area (TPSA) is 80.3 Å². The summed E-state index contributed by atoms with van der Waals surface area (Å²) in [6, 6.07) is 8.29. The average molecular weight is 396 g/mol. The molecule has 142 valence electrons. The Labute approximate surface area is 159 Å². The van der Waals surface area contributed by atoms with Crippen LogP contribution in [0.15, 0.2) is 24.3 Å². The van der Waals surface area contributed by atoms with Gasteiger partial charge in [0.15, 0.2) is 0 Å². The lowest BCUT2D eigenvalue weighted by atomic mass is 9.95. The van der Waals surface area contributed by atoms with E-state index >= 15 is 0 Å². The van der Waals surface area contributed by atoms with Crippen molar-refractivity contribution in [2.75, 3.05) is 18.7 Å². The molecule has 1 aliphatic rings. The molecule has 26 heavy (non-hydrogen) atoms. The number of sulfonamides is 1. The Bertz CT molecular complexity index is 826. The molecule has 0 bridgehead atoms. The third-order valence-corrected chi connectivity index (χ3v) is 6.23. The first kappa shape index (κ1) is 19.1. The summed E-state index contributed by atoms with van der Waals surface area (Å²) in [5.74, 6) is 1.65. The molecule has 2 aromatic rings. The normalized spacial score (nSPS) is 15.8. The number of aromatic nitrogens is 1. The highest BCUT2D eigenvalue weighted by atomic mass is 32.2. The van der Waals surface area contributed by atoms with Gasteiger partial charge < -0.3 is 10.1 Å². The van der Waals surface area contributed by atoms with E-state index in [1.165, 1.54) is 30.6 Å². The molecule has 8 heteroatoms. The number of anilines is 1. The van der Waals surface area contributed by atoms with Gasteiger partial charge >= 0.3 is 0 Å². The minimum absolute atomic E-state index is 0.207. The highest BCUT2D eigenvalue weighted by Crippen LogP contribution is 2.36. The van der Waals surface area contributed by atoms with Crippen LogP contribution in [-0.4, -0.2) is 32.8 Å². The van der Waals surface area contributed by atoms with Crippen LogP contribution in [0.4, 0.5) is 5.82 Å². The second kappa shape index (κ2) is 8.37. The van der Waals surface area contributed by atoms with Gasteiger partial charge in [0.25, 0.3) is 0 Å². The second-order valence-corrected chi connectivity index (χ2v) is 9.50. The maximum atomic E-state index is 11.4. The van der Waals surface area contributed by atoms with E-state index in [0.717, 1.165) is 46.1 Å². The molecule has 3 rings (SSSR count). The molecule has 1 aromatic carbocycles. The molecule has 2 N–H and O–H groups in total. The van der Waals surface area contributed by atoms with Crippen LogP contribution in [0.25, 0.3) is 10.4 Å². The third-order valence-electron chi connectivity index (χ3n) is 4.46. The van der Waals surface area contributed by atoms with Gasteiger partial charge in [0.1, 0.15) is 16.6 Å². The Kier molecular flexibility index (Phi) is 6.16. The van der Waals surface area contributed by atoms with Gasteiger partial charge in [-0.25, -0.2) is 18.1 Å². The number of benzene rings is 1. The van der Waals surface area contributed by atoms with Crippen molar-refractivity contribution in [2.45, 2.75) is 44.7 Å². The van der Waals surface area contributed by atoms with Gasteiger partial charge in [-0.05, 0) is 42.7 Å². The SMILES string of the molecule is COc1ccc(-c2sc(CNS(C)(=O)=O)nc2NC2CCCCC2)cc1. The molecule has 0 aliphatic heterocycles. The summed E-state index contributed by atoms with van der Waals surface area (Å²) in [6.45, 7) is 0.207. The molecular weight excluding hydrogens is 370 g/mol. The predicted octanol–water partition coefficient (Wildman–Crippen LogP) is 3.61. The van der Waals surface area contributed by atoms with Crippen molar-refractivity contribution < 1.29 is 13.2 Å². The number of hydrogen-bond acceptors (Lipinski definition) is 6. The van der Waals surface area contributed by atoms with Gasteiger partial charge in [-0.15, -0.1) is 11.3 Å². The molecule has 0 radical (unpaired) electrons. The second-order valence-electron chi connectivity index (χ2n) is 6.59. The van der Waals surface area contributed by atoms with E-state index < -0.39 is 10.0 Å². The Balaban J connectivity index is 1.86. The van der Waals surface area contributed by atoms with Gasteiger partial charge in [-0.1, -0.05) is 19.3 Å². The Hall–Kier alpha value is -1.64. The van der Waals surface area contributed by atoms with Crippen molar-refractivity contribution in [3.8, 4) is 16.2 Å². The molecule has 0 spiro atoms.